The second kappa shape index (κ2) is 7.81. The van der Waals surface area contributed by atoms with Crippen molar-refractivity contribution in [2.24, 2.45) is 0 Å². The van der Waals surface area contributed by atoms with Gasteiger partial charge in [0.1, 0.15) is 11.8 Å². The van der Waals surface area contributed by atoms with Crippen molar-refractivity contribution in [3.8, 4) is 17.1 Å². The van der Waals surface area contributed by atoms with E-state index in [1.54, 1.807) is 12.0 Å². The summed E-state index contributed by atoms with van der Waals surface area (Å²) in [5.41, 5.74) is 0.290. The second-order valence-corrected chi connectivity index (χ2v) is 6.96. The lowest BCUT2D eigenvalue weighted by atomic mass is 10.1. The maximum absolute atomic E-state index is 13.0. The summed E-state index contributed by atoms with van der Waals surface area (Å²) in [6.07, 6.45) is -3.64. The second-order valence-electron chi connectivity index (χ2n) is 6.96. The van der Waals surface area contributed by atoms with E-state index in [-0.39, 0.29) is 23.2 Å². The summed E-state index contributed by atoms with van der Waals surface area (Å²) < 4.78 is 49.5. The van der Waals surface area contributed by atoms with Crippen molar-refractivity contribution in [2.75, 3.05) is 7.11 Å². The van der Waals surface area contributed by atoms with Crippen LogP contribution < -0.4 is 4.74 Å². The number of hydrogen-bond acceptors (Lipinski definition) is 5. The zero-order valence-corrected chi connectivity index (χ0v) is 16.0. The van der Waals surface area contributed by atoms with Crippen LogP contribution in [0.4, 0.5) is 13.2 Å². The van der Waals surface area contributed by atoms with Crippen LogP contribution in [0.2, 0.25) is 0 Å². The van der Waals surface area contributed by atoms with E-state index >= 15 is 0 Å². The molecule has 1 amide bonds. The molecule has 0 N–H and O–H groups in total. The highest BCUT2D eigenvalue weighted by Crippen LogP contribution is 2.35. The van der Waals surface area contributed by atoms with Crippen molar-refractivity contribution in [1.29, 1.82) is 0 Å². The fraction of sp³-hybridized carbons (Fsp3) is 0.286. The van der Waals surface area contributed by atoms with Crippen molar-refractivity contribution in [3.63, 3.8) is 0 Å². The van der Waals surface area contributed by atoms with Crippen LogP contribution in [-0.2, 0) is 17.5 Å². The minimum Gasteiger partial charge on any atom is -0.497 e. The van der Waals surface area contributed by atoms with E-state index in [9.17, 15) is 18.0 Å². The number of carbonyl (C=O) groups excluding carboxylic acids is 1. The van der Waals surface area contributed by atoms with E-state index in [1.165, 1.54) is 12.1 Å². The molecule has 4 rings (SSSR count). The van der Waals surface area contributed by atoms with Gasteiger partial charge < -0.3 is 14.2 Å². The highest BCUT2D eigenvalue weighted by atomic mass is 19.4. The Morgan fingerprint density at radius 1 is 1.20 bits per heavy atom. The third-order valence-corrected chi connectivity index (χ3v) is 4.99. The SMILES string of the molecule is COc1cccc(CN2C(=O)CCC2c2nc(-c3cccc(C(F)(F)F)c3)no2)c1. The van der Waals surface area contributed by atoms with Gasteiger partial charge in [-0.1, -0.05) is 29.4 Å². The van der Waals surface area contributed by atoms with Gasteiger partial charge in [0.2, 0.25) is 17.6 Å². The molecule has 1 aromatic heterocycles. The molecular weight excluding hydrogens is 399 g/mol. The van der Waals surface area contributed by atoms with Crippen LogP contribution in [0.25, 0.3) is 11.4 Å². The quantitative estimate of drug-likeness (QED) is 0.606. The summed E-state index contributed by atoms with van der Waals surface area (Å²) in [7, 11) is 1.57. The number of carbonyl (C=O) groups is 1. The highest BCUT2D eigenvalue weighted by molar-refractivity contribution is 5.78. The van der Waals surface area contributed by atoms with E-state index in [4.69, 9.17) is 9.26 Å². The van der Waals surface area contributed by atoms with E-state index < -0.39 is 17.8 Å². The molecule has 0 aliphatic carbocycles. The number of halogens is 3. The summed E-state index contributed by atoms with van der Waals surface area (Å²) in [6.45, 7) is 0.335. The molecule has 0 saturated carbocycles. The van der Waals surface area contributed by atoms with Gasteiger partial charge in [-0.3, -0.25) is 4.79 Å². The fourth-order valence-corrected chi connectivity index (χ4v) is 3.48. The molecule has 3 aromatic rings. The Morgan fingerprint density at radius 2 is 2.00 bits per heavy atom. The highest BCUT2D eigenvalue weighted by Gasteiger charge is 2.36. The molecule has 6 nitrogen and oxygen atoms in total. The Hall–Kier alpha value is -3.36. The average molecular weight is 417 g/mol. The first-order valence-corrected chi connectivity index (χ1v) is 9.29. The van der Waals surface area contributed by atoms with Crippen molar-refractivity contribution in [1.82, 2.24) is 15.0 Å². The maximum atomic E-state index is 13.0. The van der Waals surface area contributed by atoms with Gasteiger partial charge in [0.05, 0.1) is 12.7 Å². The van der Waals surface area contributed by atoms with Gasteiger partial charge in [0, 0.05) is 18.5 Å². The Bertz CT molecular complexity index is 1060. The van der Waals surface area contributed by atoms with Gasteiger partial charge in [0.25, 0.3) is 0 Å². The van der Waals surface area contributed by atoms with E-state index in [0.29, 0.717) is 25.1 Å². The Labute approximate surface area is 170 Å². The summed E-state index contributed by atoms with van der Waals surface area (Å²) in [6, 6.07) is 11.7. The lowest BCUT2D eigenvalue weighted by molar-refractivity contribution is -0.137. The minimum atomic E-state index is -4.46. The predicted molar refractivity (Wildman–Crippen MR) is 100 cm³/mol. The third-order valence-electron chi connectivity index (χ3n) is 4.99. The first kappa shape index (κ1) is 19.9. The van der Waals surface area contributed by atoms with Crippen LogP contribution in [0.3, 0.4) is 0 Å². The number of amides is 1. The van der Waals surface area contributed by atoms with Crippen LogP contribution in [0, 0.1) is 0 Å². The molecule has 0 bridgehead atoms. The molecule has 1 fully saturated rings. The number of benzene rings is 2. The van der Waals surface area contributed by atoms with Crippen molar-refractivity contribution >= 4 is 5.91 Å². The Morgan fingerprint density at radius 3 is 2.77 bits per heavy atom. The normalized spacial score (nSPS) is 16.9. The molecule has 0 spiro atoms. The number of hydrogen-bond donors (Lipinski definition) is 0. The first-order chi connectivity index (χ1) is 14.3. The van der Waals surface area contributed by atoms with Crippen LogP contribution in [0.1, 0.15) is 35.9 Å². The van der Waals surface area contributed by atoms with Gasteiger partial charge in [-0.05, 0) is 36.2 Å². The average Bonchev–Trinajstić information content (AvgIpc) is 3.35. The first-order valence-electron chi connectivity index (χ1n) is 9.29. The fourth-order valence-electron chi connectivity index (χ4n) is 3.48. The van der Waals surface area contributed by atoms with Gasteiger partial charge in [0.15, 0.2) is 0 Å². The van der Waals surface area contributed by atoms with Gasteiger partial charge >= 0.3 is 6.18 Å². The lowest BCUT2D eigenvalue weighted by Gasteiger charge is -2.22. The van der Waals surface area contributed by atoms with Gasteiger partial charge in [-0.2, -0.15) is 18.2 Å². The van der Waals surface area contributed by atoms with Crippen LogP contribution in [0.15, 0.2) is 53.1 Å². The summed E-state index contributed by atoms with van der Waals surface area (Å²) in [5, 5.41) is 3.84. The molecule has 30 heavy (non-hydrogen) atoms. The summed E-state index contributed by atoms with van der Waals surface area (Å²) in [5.74, 6) is 0.884. The number of nitrogens with zero attached hydrogens (tertiary/aromatic N) is 3. The van der Waals surface area contributed by atoms with E-state index in [2.05, 4.69) is 10.1 Å². The Balaban J connectivity index is 1.58. The maximum Gasteiger partial charge on any atom is 0.416 e. The van der Waals surface area contributed by atoms with Crippen LogP contribution >= 0.6 is 0 Å². The monoisotopic (exact) mass is 417 g/mol. The molecule has 1 unspecified atom stereocenters. The number of rotatable bonds is 5. The number of likely N-dealkylation sites (tertiary alicyclic amines) is 1. The largest absolute Gasteiger partial charge is 0.497 e. The zero-order valence-electron chi connectivity index (χ0n) is 16.0. The van der Waals surface area contributed by atoms with Crippen molar-refractivity contribution < 1.29 is 27.2 Å². The standard InChI is InChI=1S/C21H18F3N3O3/c1-29-16-7-2-4-13(10-16)12-27-17(8-9-18(27)28)20-25-19(26-30-20)14-5-3-6-15(11-14)21(22,23)24/h2-7,10-11,17H,8-9,12H2,1H3. The molecule has 9 heteroatoms. The predicted octanol–water partition coefficient (Wildman–Crippen LogP) is 4.63. The molecular formula is C21H18F3N3O3. The molecule has 0 radical (unpaired) electrons. The van der Waals surface area contributed by atoms with Crippen molar-refractivity contribution in [3.05, 3.63) is 65.5 Å². The number of methoxy groups -OCH3 is 1. The van der Waals surface area contributed by atoms with Gasteiger partial charge in [-0.15, -0.1) is 0 Å². The zero-order chi connectivity index (χ0) is 21.3. The molecule has 1 atom stereocenters. The molecule has 2 heterocycles. The van der Waals surface area contributed by atoms with Crippen molar-refractivity contribution in [2.45, 2.75) is 31.6 Å². The number of aromatic nitrogens is 2. The van der Waals surface area contributed by atoms with Crippen LogP contribution in [-0.4, -0.2) is 28.1 Å². The Kier molecular flexibility index (Phi) is 5.19. The number of alkyl halides is 3. The molecule has 1 aliphatic heterocycles. The molecule has 2 aromatic carbocycles. The lowest BCUT2D eigenvalue weighted by Crippen LogP contribution is -2.27. The summed E-state index contributed by atoms with van der Waals surface area (Å²) in [4.78, 5) is 18.3. The third kappa shape index (κ3) is 4.00. The van der Waals surface area contributed by atoms with E-state index in [0.717, 1.165) is 17.7 Å². The molecule has 156 valence electrons. The van der Waals surface area contributed by atoms with Crippen LogP contribution in [0.5, 0.6) is 5.75 Å². The van der Waals surface area contributed by atoms with E-state index in [1.807, 2.05) is 24.3 Å². The smallest absolute Gasteiger partial charge is 0.416 e. The minimum absolute atomic E-state index is 0.0526. The summed E-state index contributed by atoms with van der Waals surface area (Å²) >= 11 is 0. The number of ether oxygens (including phenoxy) is 1. The van der Waals surface area contributed by atoms with Gasteiger partial charge in [-0.25, -0.2) is 0 Å². The molecule has 1 aliphatic rings. The molecule has 1 saturated heterocycles. The topological polar surface area (TPSA) is 68.5 Å².